The number of hydrogen-bond donors (Lipinski definition) is 6. The Balaban J connectivity index is 0.000000273. The van der Waals surface area contributed by atoms with Crippen LogP contribution in [0.1, 0.15) is 48.2 Å². The molecule has 9 N–H and O–H groups in total. The number of rotatable bonds is 8. The molecule has 1 aliphatic carbocycles. The van der Waals surface area contributed by atoms with E-state index in [4.69, 9.17) is 27.7 Å². The van der Waals surface area contributed by atoms with Gasteiger partial charge in [-0.3, -0.25) is 29.7 Å². The maximum Gasteiger partial charge on any atom is 0.332 e. The van der Waals surface area contributed by atoms with Crippen LogP contribution < -0.4 is 17.2 Å². The average molecular weight is 463 g/mol. The van der Waals surface area contributed by atoms with E-state index >= 15 is 0 Å². The van der Waals surface area contributed by atoms with Crippen molar-refractivity contribution in [1.82, 2.24) is 9.88 Å². The van der Waals surface area contributed by atoms with Gasteiger partial charge in [-0.05, 0) is 18.1 Å². The summed E-state index contributed by atoms with van der Waals surface area (Å²) in [5.74, 6) is -3.82. The summed E-state index contributed by atoms with van der Waals surface area (Å²) in [6.07, 6.45) is 6.29. The lowest BCUT2D eigenvalue weighted by Gasteiger charge is -2.57. The summed E-state index contributed by atoms with van der Waals surface area (Å²) in [6.45, 7) is -0.484. The van der Waals surface area contributed by atoms with Crippen LogP contribution in [0, 0.1) is 17.2 Å². The van der Waals surface area contributed by atoms with Crippen molar-refractivity contribution < 1.29 is 29.4 Å². The molecule has 0 spiro atoms. The molecule has 0 radical (unpaired) electrons. The van der Waals surface area contributed by atoms with Crippen LogP contribution in [0.3, 0.4) is 0 Å². The molecular weight excluding hydrogens is 432 g/mol. The van der Waals surface area contributed by atoms with Crippen molar-refractivity contribution >= 4 is 29.5 Å². The number of carboxylic acids is 2. The fraction of sp³-hybridized carbons (Fsp3) is 0.524. The van der Waals surface area contributed by atoms with E-state index in [1.165, 1.54) is 23.2 Å². The predicted molar refractivity (Wildman–Crippen MR) is 117 cm³/mol. The number of carboxylic acid groups (broad SMARTS) is 2. The highest BCUT2D eigenvalue weighted by atomic mass is 16.4. The van der Waals surface area contributed by atoms with Crippen LogP contribution in [0.2, 0.25) is 0 Å². The number of nitrogens with zero attached hydrogens (tertiary/aromatic N) is 2. The van der Waals surface area contributed by atoms with E-state index < -0.39 is 35.7 Å². The minimum absolute atomic E-state index is 0.133. The van der Waals surface area contributed by atoms with Crippen molar-refractivity contribution in [3.8, 4) is 0 Å². The number of amidine groups is 1. The van der Waals surface area contributed by atoms with Gasteiger partial charge in [0.1, 0.15) is 11.5 Å². The van der Waals surface area contributed by atoms with Crippen LogP contribution in [-0.4, -0.2) is 74.7 Å². The van der Waals surface area contributed by atoms with Crippen molar-refractivity contribution in [3.63, 3.8) is 0 Å². The molecular formula is C21H30N6O6. The Morgan fingerprint density at radius 2 is 1.76 bits per heavy atom. The zero-order chi connectivity index (χ0) is 24.8. The summed E-state index contributed by atoms with van der Waals surface area (Å²) in [7, 11) is 0. The number of likely N-dealkylation sites (tertiary alicyclic amines) is 1. The van der Waals surface area contributed by atoms with E-state index in [9.17, 15) is 24.3 Å². The number of pyridine rings is 1. The lowest BCUT2D eigenvalue weighted by molar-refractivity contribution is -0.186. The van der Waals surface area contributed by atoms with E-state index in [0.29, 0.717) is 17.8 Å². The smallest absolute Gasteiger partial charge is 0.332 e. The van der Waals surface area contributed by atoms with Gasteiger partial charge in [-0.25, -0.2) is 4.79 Å². The molecule has 1 aromatic heterocycles. The summed E-state index contributed by atoms with van der Waals surface area (Å²) in [4.78, 5) is 50.6. The number of carbonyl (C=O) groups is 4. The predicted octanol–water partition coefficient (Wildman–Crippen LogP) is -0.601. The summed E-state index contributed by atoms with van der Waals surface area (Å²) < 4.78 is 0. The van der Waals surface area contributed by atoms with Crippen molar-refractivity contribution in [2.75, 3.05) is 19.6 Å². The number of aromatic nitrogens is 1. The van der Waals surface area contributed by atoms with Crippen molar-refractivity contribution in [1.29, 1.82) is 5.41 Å². The van der Waals surface area contributed by atoms with Crippen LogP contribution in [0.25, 0.3) is 0 Å². The number of amides is 1. The number of ketones is 1. The van der Waals surface area contributed by atoms with Gasteiger partial charge in [-0.1, -0.05) is 32.1 Å². The lowest BCUT2D eigenvalue weighted by atomic mass is 9.62. The Labute approximate surface area is 190 Å². The van der Waals surface area contributed by atoms with Gasteiger partial charge in [-0.2, -0.15) is 0 Å². The van der Waals surface area contributed by atoms with Crippen LogP contribution in [0.4, 0.5) is 0 Å². The number of aliphatic carboxylic acids is 2. The zero-order valence-electron chi connectivity index (χ0n) is 18.2. The first-order valence-corrected chi connectivity index (χ1v) is 10.6. The van der Waals surface area contributed by atoms with E-state index in [-0.39, 0.29) is 24.2 Å². The van der Waals surface area contributed by atoms with Crippen LogP contribution in [0.5, 0.6) is 0 Å². The number of primary amides is 1. The Morgan fingerprint density at radius 1 is 1.12 bits per heavy atom. The number of Topliss-reactive ketones (excluding diaryl/α,β-unsaturated/α-hetero) is 1. The third-order valence-electron chi connectivity index (χ3n) is 6.26. The molecule has 12 heteroatoms. The second-order valence-corrected chi connectivity index (χ2v) is 8.19. The standard InChI is InChI=1S/C14H22N2O5.C7H8N4O/c15-6-11(17)14(13(20)21)10(7-16(14)8-12(18)19)9-4-2-1-3-5-9;8-6(9)5-2-1-4(3-11-5)7(10)12/h9-10H,1-8,15H2,(H,18,19)(H,20,21);1-3H,(H3,8,9)(H2,10,12). The molecule has 1 amide bonds. The lowest BCUT2D eigenvalue weighted by Crippen LogP contribution is -2.78. The van der Waals surface area contributed by atoms with Gasteiger partial charge >= 0.3 is 11.9 Å². The topological polar surface area (TPSA) is 227 Å². The highest BCUT2D eigenvalue weighted by molar-refractivity contribution is 6.10. The molecule has 2 atom stereocenters. The number of nitrogen functional groups attached to an aromatic ring is 1. The van der Waals surface area contributed by atoms with Gasteiger partial charge in [0, 0.05) is 18.7 Å². The van der Waals surface area contributed by atoms with E-state index in [0.717, 1.165) is 32.1 Å². The highest BCUT2D eigenvalue weighted by Crippen LogP contribution is 2.46. The average Bonchev–Trinajstić information content (AvgIpc) is 2.77. The zero-order valence-corrected chi connectivity index (χ0v) is 18.2. The fourth-order valence-corrected chi connectivity index (χ4v) is 4.67. The number of hydrogen-bond acceptors (Lipinski definition) is 8. The van der Waals surface area contributed by atoms with Gasteiger partial charge in [-0.15, -0.1) is 0 Å². The molecule has 2 heterocycles. The molecule has 3 rings (SSSR count). The quantitative estimate of drug-likeness (QED) is 0.163. The van der Waals surface area contributed by atoms with Crippen LogP contribution in [0.15, 0.2) is 18.3 Å². The van der Waals surface area contributed by atoms with Gasteiger partial charge in [0.25, 0.3) is 0 Å². The third-order valence-corrected chi connectivity index (χ3v) is 6.26. The molecule has 1 saturated heterocycles. The molecule has 1 aromatic rings. The van der Waals surface area contributed by atoms with Crippen LogP contribution >= 0.6 is 0 Å². The SMILES string of the molecule is N=C(N)c1ccc(C(N)=O)cn1.NCC(=O)C1(C(=O)O)C(C2CCCCC2)CN1CC(=O)O. The van der Waals surface area contributed by atoms with E-state index in [1.54, 1.807) is 0 Å². The first-order valence-electron chi connectivity index (χ1n) is 10.6. The highest BCUT2D eigenvalue weighted by Gasteiger charge is 2.65. The molecule has 2 unspecified atom stereocenters. The minimum atomic E-state index is -1.74. The number of nitrogens with two attached hydrogens (primary N) is 3. The van der Waals surface area contributed by atoms with E-state index in [2.05, 4.69) is 4.98 Å². The molecule has 33 heavy (non-hydrogen) atoms. The number of carbonyl (C=O) groups excluding carboxylic acids is 2. The molecule has 2 fully saturated rings. The van der Waals surface area contributed by atoms with Crippen molar-refractivity contribution in [2.45, 2.75) is 37.6 Å². The van der Waals surface area contributed by atoms with E-state index in [1.807, 2.05) is 0 Å². The van der Waals surface area contributed by atoms with Gasteiger partial charge in [0.2, 0.25) is 5.91 Å². The minimum Gasteiger partial charge on any atom is -0.480 e. The fourth-order valence-electron chi connectivity index (χ4n) is 4.67. The third kappa shape index (κ3) is 5.52. The van der Waals surface area contributed by atoms with Crippen LogP contribution in [-0.2, 0) is 14.4 Å². The molecule has 12 nitrogen and oxygen atoms in total. The second kappa shape index (κ2) is 11.0. The Bertz CT molecular complexity index is 881. The van der Waals surface area contributed by atoms with Gasteiger partial charge in [0.15, 0.2) is 11.3 Å². The molecule has 1 aliphatic heterocycles. The van der Waals surface area contributed by atoms with Gasteiger partial charge < -0.3 is 27.4 Å². The van der Waals surface area contributed by atoms with Crippen molar-refractivity contribution in [3.05, 3.63) is 29.6 Å². The second-order valence-electron chi connectivity index (χ2n) is 8.19. The monoisotopic (exact) mass is 462 g/mol. The number of nitrogens with one attached hydrogen (secondary N) is 1. The Kier molecular flexibility index (Phi) is 8.60. The summed E-state index contributed by atoms with van der Waals surface area (Å²) in [6, 6.07) is 2.95. The molecule has 0 bridgehead atoms. The van der Waals surface area contributed by atoms with Crippen molar-refractivity contribution in [2.24, 2.45) is 29.0 Å². The summed E-state index contributed by atoms with van der Waals surface area (Å²) in [5, 5.41) is 25.6. The van der Waals surface area contributed by atoms with Gasteiger partial charge in [0.05, 0.1) is 18.7 Å². The molecule has 2 aliphatic rings. The maximum absolute atomic E-state index is 12.3. The Morgan fingerprint density at radius 3 is 2.18 bits per heavy atom. The maximum atomic E-state index is 12.3. The summed E-state index contributed by atoms with van der Waals surface area (Å²) in [5.41, 5.74) is 14.4. The molecule has 0 aromatic carbocycles. The summed E-state index contributed by atoms with van der Waals surface area (Å²) >= 11 is 0. The molecule has 1 saturated carbocycles. The molecule has 180 valence electrons. The normalized spacial score (nSPS) is 22.9. The first kappa shape index (κ1) is 25.9. The largest absolute Gasteiger partial charge is 0.480 e. The first-order chi connectivity index (χ1) is 15.5. The Hall–Kier alpha value is -3.38.